The van der Waals surface area contributed by atoms with Gasteiger partial charge in [0.05, 0.1) is 0 Å². The molecule has 1 unspecified atom stereocenters. The van der Waals surface area contributed by atoms with E-state index < -0.39 is 11.9 Å². The third-order valence-corrected chi connectivity index (χ3v) is 8.79. The molecule has 5 aromatic rings. The number of phenolic OH excluding ortho intramolecular Hbond substituents is 2. The van der Waals surface area contributed by atoms with Gasteiger partial charge in [0.15, 0.2) is 17.1 Å². The van der Waals surface area contributed by atoms with E-state index in [1.165, 1.54) is 5.56 Å². The number of fused-ring (bicyclic) bond motifs is 9. The molecule has 2 heterocycles. The minimum Gasteiger partial charge on any atom is -0.508 e. The topological polar surface area (TPSA) is 85.2 Å². The lowest BCUT2D eigenvalue weighted by atomic mass is 9.76. The number of ether oxygens (including phenoxy) is 3. The third-order valence-electron chi connectivity index (χ3n) is 8.79. The lowest BCUT2D eigenvalue weighted by Crippen LogP contribution is -2.35. The highest BCUT2D eigenvalue weighted by atomic mass is 16.7. The molecule has 5 aromatic carbocycles. The zero-order valence-corrected chi connectivity index (χ0v) is 22.9. The minimum absolute atomic E-state index is 0.153. The molecule has 1 aliphatic carbocycles. The van der Waals surface area contributed by atoms with Gasteiger partial charge in [-0.3, -0.25) is 4.79 Å². The van der Waals surface area contributed by atoms with Gasteiger partial charge in [0, 0.05) is 27.5 Å². The molecule has 0 radical (unpaired) electrons. The van der Waals surface area contributed by atoms with Crippen LogP contribution in [0.15, 0.2) is 91.0 Å². The second-order valence-electron chi connectivity index (χ2n) is 11.5. The quantitative estimate of drug-likeness (QED) is 0.229. The van der Waals surface area contributed by atoms with Crippen LogP contribution in [0, 0.1) is 0 Å². The summed E-state index contributed by atoms with van der Waals surface area (Å²) in [4.78, 5) is 11.6. The summed E-state index contributed by atoms with van der Waals surface area (Å²) in [5.41, 5.74) is 5.84. The van der Waals surface area contributed by atoms with Gasteiger partial charge in [0.1, 0.15) is 17.2 Å². The maximum atomic E-state index is 11.6. The van der Waals surface area contributed by atoms with Crippen molar-refractivity contribution in [3.05, 3.63) is 119 Å². The van der Waals surface area contributed by atoms with Crippen molar-refractivity contribution in [3.8, 4) is 39.9 Å². The Balaban J connectivity index is 1.46. The molecular weight excluding hydrogens is 528 g/mol. The fraction of sp³-hybridized carbons (Fsp3) is 0.139. The van der Waals surface area contributed by atoms with Gasteiger partial charge in [-0.25, -0.2) is 0 Å². The Kier molecular flexibility index (Phi) is 4.91. The van der Waals surface area contributed by atoms with E-state index in [0.717, 1.165) is 44.2 Å². The fourth-order valence-electron chi connectivity index (χ4n) is 6.87. The second-order valence-corrected chi connectivity index (χ2v) is 11.5. The highest BCUT2D eigenvalue weighted by molar-refractivity contribution is 6.09. The molecule has 2 aliphatic heterocycles. The average molecular weight is 555 g/mol. The molecule has 8 rings (SSSR count). The second kappa shape index (κ2) is 8.40. The summed E-state index contributed by atoms with van der Waals surface area (Å²) in [6, 6.07) is 26.2. The van der Waals surface area contributed by atoms with E-state index in [1.807, 2.05) is 36.4 Å². The lowest BCUT2D eigenvalue weighted by Gasteiger charge is -2.38. The maximum Gasteiger partial charge on any atom is 0.297 e. The van der Waals surface area contributed by atoms with Gasteiger partial charge >= 0.3 is 0 Å². The summed E-state index contributed by atoms with van der Waals surface area (Å²) in [5, 5.41) is 21.9. The smallest absolute Gasteiger partial charge is 0.297 e. The van der Waals surface area contributed by atoms with Crippen molar-refractivity contribution in [1.82, 2.24) is 0 Å². The standard InChI is InChI=1S/C36H26O6/c1-35(2)28-6-4-3-5-24(28)32-26-17-29-30(41-31(19-37)40-29)18-27(26)34-25(33(32)35)15-16-36(42-34,20-7-11-22(38)12-8-20)21-9-13-23(39)14-10-21/h3-19,31,38-39H,1-2H3. The van der Waals surface area contributed by atoms with E-state index >= 15 is 0 Å². The molecule has 42 heavy (non-hydrogen) atoms. The number of rotatable bonds is 3. The van der Waals surface area contributed by atoms with Crippen LogP contribution < -0.4 is 14.2 Å². The van der Waals surface area contributed by atoms with Gasteiger partial charge in [0.25, 0.3) is 6.29 Å². The number of carbonyl (C=O) groups is 1. The molecule has 0 aromatic heterocycles. The number of benzene rings is 5. The zero-order valence-electron chi connectivity index (χ0n) is 22.9. The molecule has 0 spiro atoms. The van der Waals surface area contributed by atoms with Gasteiger partial charge in [-0.15, -0.1) is 0 Å². The van der Waals surface area contributed by atoms with Crippen molar-refractivity contribution in [2.75, 3.05) is 0 Å². The first-order valence-electron chi connectivity index (χ1n) is 13.8. The van der Waals surface area contributed by atoms with E-state index in [0.29, 0.717) is 23.5 Å². The number of aromatic hydroxyl groups is 2. The van der Waals surface area contributed by atoms with Crippen molar-refractivity contribution in [1.29, 1.82) is 0 Å². The van der Waals surface area contributed by atoms with E-state index in [9.17, 15) is 15.0 Å². The van der Waals surface area contributed by atoms with Crippen molar-refractivity contribution in [2.24, 2.45) is 0 Å². The Morgan fingerprint density at radius 3 is 2.00 bits per heavy atom. The first-order valence-corrected chi connectivity index (χ1v) is 13.8. The van der Waals surface area contributed by atoms with Crippen molar-refractivity contribution < 1.29 is 29.2 Å². The van der Waals surface area contributed by atoms with Gasteiger partial charge in [-0.2, -0.15) is 0 Å². The van der Waals surface area contributed by atoms with Crippen LogP contribution in [0.2, 0.25) is 0 Å². The van der Waals surface area contributed by atoms with Crippen LogP contribution in [-0.2, 0) is 15.8 Å². The molecule has 1 atom stereocenters. The number of hydrogen-bond acceptors (Lipinski definition) is 6. The van der Waals surface area contributed by atoms with Crippen LogP contribution in [0.25, 0.3) is 28.0 Å². The van der Waals surface area contributed by atoms with Crippen LogP contribution in [0.3, 0.4) is 0 Å². The number of carbonyl (C=O) groups excluding carboxylic acids is 1. The molecule has 2 N–H and O–H groups in total. The maximum absolute atomic E-state index is 11.6. The Morgan fingerprint density at radius 1 is 0.786 bits per heavy atom. The molecule has 0 amide bonds. The zero-order chi connectivity index (χ0) is 28.8. The first-order chi connectivity index (χ1) is 20.3. The van der Waals surface area contributed by atoms with Crippen molar-refractivity contribution in [2.45, 2.75) is 31.2 Å². The van der Waals surface area contributed by atoms with E-state index in [-0.39, 0.29) is 16.9 Å². The van der Waals surface area contributed by atoms with Crippen LogP contribution in [0.5, 0.6) is 28.7 Å². The van der Waals surface area contributed by atoms with Gasteiger partial charge in [-0.05, 0) is 70.1 Å². The molecule has 0 saturated heterocycles. The van der Waals surface area contributed by atoms with Crippen molar-refractivity contribution >= 4 is 23.1 Å². The predicted molar refractivity (Wildman–Crippen MR) is 159 cm³/mol. The molecule has 206 valence electrons. The normalized spacial score (nSPS) is 18.2. The van der Waals surface area contributed by atoms with Gasteiger partial charge in [-0.1, -0.05) is 68.5 Å². The third kappa shape index (κ3) is 3.23. The van der Waals surface area contributed by atoms with Gasteiger partial charge in [0.2, 0.25) is 6.29 Å². The van der Waals surface area contributed by atoms with Crippen LogP contribution in [0.4, 0.5) is 0 Å². The summed E-state index contributed by atoms with van der Waals surface area (Å²) in [6.07, 6.45) is 3.82. The van der Waals surface area contributed by atoms with Crippen molar-refractivity contribution in [3.63, 3.8) is 0 Å². The number of phenols is 2. The minimum atomic E-state index is -1.06. The summed E-state index contributed by atoms with van der Waals surface area (Å²) < 4.78 is 18.8. The monoisotopic (exact) mass is 554 g/mol. The summed E-state index contributed by atoms with van der Waals surface area (Å²) in [7, 11) is 0. The van der Waals surface area contributed by atoms with Crippen LogP contribution in [-0.4, -0.2) is 22.8 Å². The fourth-order valence-corrected chi connectivity index (χ4v) is 6.87. The Hall–Kier alpha value is -5.23. The summed E-state index contributed by atoms with van der Waals surface area (Å²) in [5.74, 6) is 1.97. The van der Waals surface area contributed by atoms with Crippen LogP contribution in [0.1, 0.15) is 41.7 Å². The molecular formula is C36H26O6. The summed E-state index contributed by atoms with van der Waals surface area (Å²) >= 11 is 0. The van der Waals surface area contributed by atoms with E-state index in [2.05, 4.69) is 50.3 Å². The Morgan fingerprint density at radius 2 is 1.38 bits per heavy atom. The van der Waals surface area contributed by atoms with E-state index in [4.69, 9.17) is 14.2 Å². The molecule has 6 nitrogen and oxygen atoms in total. The van der Waals surface area contributed by atoms with Crippen LogP contribution >= 0.6 is 0 Å². The Bertz CT molecular complexity index is 1920. The highest BCUT2D eigenvalue weighted by Gasteiger charge is 2.44. The number of hydrogen-bond donors (Lipinski definition) is 2. The van der Waals surface area contributed by atoms with Gasteiger partial charge < -0.3 is 24.4 Å². The predicted octanol–water partition coefficient (Wildman–Crippen LogP) is 7.20. The number of aldehydes is 1. The Labute approximate surface area is 242 Å². The first kappa shape index (κ1) is 24.6. The molecule has 6 heteroatoms. The molecule has 0 bridgehead atoms. The molecule has 0 saturated carbocycles. The lowest BCUT2D eigenvalue weighted by molar-refractivity contribution is -0.121. The summed E-state index contributed by atoms with van der Waals surface area (Å²) in [6.45, 7) is 4.46. The molecule has 3 aliphatic rings. The average Bonchev–Trinajstić information content (AvgIpc) is 3.52. The van der Waals surface area contributed by atoms with E-state index in [1.54, 1.807) is 24.3 Å². The largest absolute Gasteiger partial charge is 0.508 e. The highest BCUT2D eigenvalue weighted by Crippen LogP contribution is 2.59. The molecule has 0 fully saturated rings. The SMILES string of the molecule is CC1(C)c2ccccc2-c2c1c1c(c3cc4c(cc23)OC(C=O)O4)OC(c2ccc(O)cc2)(c2ccc(O)cc2)C=C1.